The molecule has 0 amide bonds. The van der Waals surface area contributed by atoms with Gasteiger partial charge >= 0.3 is 11.9 Å². The largest absolute Gasteiger partial charge is 0.390 e. The summed E-state index contributed by atoms with van der Waals surface area (Å²) < 4.78 is 38.5. The van der Waals surface area contributed by atoms with Gasteiger partial charge in [0.05, 0.1) is 9.99 Å². The van der Waals surface area contributed by atoms with Crippen LogP contribution in [0.25, 0.3) is 0 Å². The Bertz CT molecular complexity index is 533. The Morgan fingerprint density at radius 2 is 1.89 bits per heavy atom. The number of rotatable bonds is 4. The Morgan fingerprint density at radius 3 is 2.39 bits per heavy atom. The molecule has 0 saturated heterocycles. The summed E-state index contributed by atoms with van der Waals surface area (Å²) in [6.07, 6.45) is -3.54. The summed E-state index contributed by atoms with van der Waals surface area (Å²) in [5, 5.41) is 0. The fourth-order valence-electron chi connectivity index (χ4n) is 1.45. The summed E-state index contributed by atoms with van der Waals surface area (Å²) in [7, 11) is 0. The maximum absolute atomic E-state index is 12.1. The van der Waals surface area contributed by atoms with Crippen LogP contribution in [-0.4, -0.2) is 15.3 Å². The van der Waals surface area contributed by atoms with Gasteiger partial charge in [-0.1, -0.05) is 6.92 Å². The quantitative estimate of drug-likeness (QED) is 0.755. The molecule has 0 aromatic carbocycles. The molecule has 0 aliphatic rings. The average molecular weight is 376 g/mol. The minimum absolute atomic E-state index is 0.239. The molecular formula is C10H12F3IN2O2. The van der Waals surface area contributed by atoms with Crippen molar-refractivity contribution in [2.75, 3.05) is 0 Å². The monoisotopic (exact) mass is 376 g/mol. The van der Waals surface area contributed by atoms with Gasteiger partial charge in [0.2, 0.25) is 0 Å². The summed E-state index contributed by atoms with van der Waals surface area (Å²) in [5.74, 6) is 0. The fourth-order valence-corrected chi connectivity index (χ4v) is 2.08. The first-order chi connectivity index (χ1) is 8.26. The van der Waals surface area contributed by atoms with Gasteiger partial charge < -0.3 is 0 Å². The molecule has 0 aliphatic heterocycles. The van der Waals surface area contributed by atoms with Gasteiger partial charge in [0.1, 0.15) is 0 Å². The van der Waals surface area contributed by atoms with Crippen LogP contribution in [0, 0.1) is 3.57 Å². The van der Waals surface area contributed by atoms with E-state index in [9.17, 15) is 22.8 Å². The minimum Gasteiger partial charge on any atom is -0.299 e. The van der Waals surface area contributed by atoms with Crippen molar-refractivity contribution in [3.63, 3.8) is 0 Å². The molecule has 0 spiro atoms. The maximum atomic E-state index is 12.1. The molecule has 18 heavy (non-hydrogen) atoms. The first-order valence-electron chi connectivity index (χ1n) is 5.32. The standard InChI is InChI=1S/C10H12F3IN2O2/c1-2-4-15-6-7(14)8(17)16(9(15)18)5-3-10(11,12)13/h6H,2-5H2,1H3. The molecule has 102 valence electrons. The lowest BCUT2D eigenvalue weighted by molar-refractivity contribution is -0.137. The van der Waals surface area contributed by atoms with Gasteiger partial charge in [-0.2, -0.15) is 13.2 Å². The van der Waals surface area contributed by atoms with Crippen LogP contribution in [0.15, 0.2) is 15.8 Å². The zero-order valence-corrected chi connectivity index (χ0v) is 11.8. The van der Waals surface area contributed by atoms with Gasteiger partial charge in [0.15, 0.2) is 0 Å². The van der Waals surface area contributed by atoms with E-state index in [1.54, 1.807) is 22.6 Å². The van der Waals surface area contributed by atoms with Gasteiger partial charge in [-0.25, -0.2) is 4.79 Å². The molecule has 0 atom stereocenters. The van der Waals surface area contributed by atoms with Crippen LogP contribution >= 0.6 is 22.6 Å². The minimum atomic E-state index is -4.39. The third-order valence-corrected chi connectivity index (χ3v) is 3.02. The molecule has 0 bridgehead atoms. The Hall–Kier alpha value is -0.800. The van der Waals surface area contributed by atoms with E-state index in [-0.39, 0.29) is 3.57 Å². The molecule has 4 nitrogen and oxygen atoms in total. The van der Waals surface area contributed by atoms with Crippen LogP contribution in [0.3, 0.4) is 0 Å². The van der Waals surface area contributed by atoms with Crippen LogP contribution in [0.5, 0.6) is 0 Å². The lowest BCUT2D eigenvalue weighted by Gasteiger charge is -2.11. The summed E-state index contributed by atoms with van der Waals surface area (Å²) in [6, 6.07) is 0. The maximum Gasteiger partial charge on any atom is 0.390 e. The molecule has 0 unspecified atom stereocenters. The van der Waals surface area contributed by atoms with E-state index < -0.39 is 30.4 Å². The summed E-state index contributed by atoms with van der Waals surface area (Å²) in [4.78, 5) is 23.4. The van der Waals surface area contributed by atoms with Crippen molar-refractivity contribution in [2.45, 2.75) is 39.0 Å². The molecule has 0 aliphatic carbocycles. The molecule has 1 aromatic rings. The Labute approximate surface area is 115 Å². The third-order valence-electron chi connectivity index (χ3n) is 2.28. The van der Waals surface area contributed by atoms with Crippen LogP contribution in [0.1, 0.15) is 19.8 Å². The molecule has 8 heteroatoms. The second kappa shape index (κ2) is 5.89. The van der Waals surface area contributed by atoms with Crippen LogP contribution in [0.4, 0.5) is 13.2 Å². The highest BCUT2D eigenvalue weighted by Gasteiger charge is 2.27. The van der Waals surface area contributed by atoms with Crippen LogP contribution < -0.4 is 11.2 Å². The zero-order chi connectivity index (χ0) is 13.9. The van der Waals surface area contributed by atoms with Crippen LogP contribution in [-0.2, 0) is 13.1 Å². The number of aromatic nitrogens is 2. The average Bonchev–Trinajstić information content (AvgIpc) is 2.24. The normalized spacial score (nSPS) is 11.8. The number of hydrogen-bond donors (Lipinski definition) is 0. The number of halogens is 4. The second-order valence-electron chi connectivity index (χ2n) is 3.77. The molecular weight excluding hydrogens is 364 g/mol. The Balaban J connectivity index is 3.17. The van der Waals surface area contributed by atoms with Crippen molar-refractivity contribution in [1.29, 1.82) is 0 Å². The number of hydrogen-bond acceptors (Lipinski definition) is 2. The van der Waals surface area contributed by atoms with Crippen molar-refractivity contribution in [1.82, 2.24) is 9.13 Å². The van der Waals surface area contributed by atoms with Crippen molar-refractivity contribution < 1.29 is 13.2 Å². The van der Waals surface area contributed by atoms with Crippen molar-refractivity contribution in [3.8, 4) is 0 Å². The predicted molar refractivity (Wildman–Crippen MR) is 68.6 cm³/mol. The Kier molecular flexibility index (Phi) is 5.00. The van der Waals surface area contributed by atoms with Gasteiger partial charge in [-0.3, -0.25) is 13.9 Å². The lowest BCUT2D eigenvalue weighted by Crippen LogP contribution is -2.41. The highest BCUT2D eigenvalue weighted by atomic mass is 127. The molecule has 1 rings (SSSR count). The van der Waals surface area contributed by atoms with E-state index in [0.717, 1.165) is 0 Å². The van der Waals surface area contributed by atoms with E-state index in [1.165, 1.54) is 10.8 Å². The summed E-state index contributed by atoms with van der Waals surface area (Å²) in [6.45, 7) is 1.58. The highest BCUT2D eigenvalue weighted by molar-refractivity contribution is 14.1. The first kappa shape index (κ1) is 15.3. The molecule has 1 aromatic heterocycles. The lowest BCUT2D eigenvalue weighted by atomic mass is 10.4. The SMILES string of the molecule is CCCn1cc(I)c(=O)n(CCC(F)(F)F)c1=O. The summed E-state index contributed by atoms with van der Waals surface area (Å²) in [5.41, 5.74) is -1.36. The van der Waals surface area contributed by atoms with E-state index >= 15 is 0 Å². The third kappa shape index (κ3) is 3.85. The van der Waals surface area contributed by atoms with Crippen LogP contribution in [0.2, 0.25) is 0 Å². The van der Waals surface area contributed by atoms with Crippen molar-refractivity contribution >= 4 is 22.6 Å². The molecule has 0 N–H and O–H groups in total. The van der Waals surface area contributed by atoms with E-state index in [1.807, 2.05) is 6.92 Å². The van der Waals surface area contributed by atoms with Gasteiger partial charge in [0, 0.05) is 19.3 Å². The fraction of sp³-hybridized carbons (Fsp3) is 0.600. The molecule has 1 heterocycles. The number of alkyl halides is 3. The second-order valence-corrected chi connectivity index (χ2v) is 4.94. The topological polar surface area (TPSA) is 44.0 Å². The highest BCUT2D eigenvalue weighted by Crippen LogP contribution is 2.19. The Morgan fingerprint density at radius 1 is 1.28 bits per heavy atom. The number of nitrogens with zero attached hydrogens (tertiary/aromatic N) is 2. The first-order valence-corrected chi connectivity index (χ1v) is 6.40. The molecule has 0 fully saturated rings. The molecule has 0 radical (unpaired) electrons. The van der Waals surface area contributed by atoms with E-state index in [0.29, 0.717) is 17.5 Å². The van der Waals surface area contributed by atoms with Gasteiger partial charge in [-0.15, -0.1) is 0 Å². The number of aryl methyl sites for hydroxylation is 1. The van der Waals surface area contributed by atoms with E-state index in [4.69, 9.17) is 0 Å². The van der Waals surface area contributed by atoms with Crippen molar-refractivity contribution in [2.24, 2.45) is 0 Å². The van der Waals surface area contributed by atoms with Crippen molar-refractivity contribution in [3.05, 3.63) is 30.6 Å². The van der Waals surface area contributed by atoms with E-state index in [2.05, 4.69) is 0 Å². The van der Waals surface area contributed by atoms with Gasteiger partial charge in [-0.05, 0) is 29.0 Å². The zero-order valence-electron chi connectivity index (χ0n) is 9.63. The summed E-state index contributed by atoms with van der Waals surface area (Å²) >= 11 is 1.72. The predicted octanol–water partition coefficient (Wildman–Crippen LogP) is 1.98. The molecule has 0 saturated carbocycles. The van der Waals surface area contributed by atoms with Gasteiger partial charge in [0.25, 0.3) is 5.56 Å². The smallest absolute Gasteiger partial charge is 0.299 e.